The van der Waals surface area contributed by atoms with Gasteiger partial charge in [-0.1, -0.05) is 86.8 Å². The summed E-state index contributed by atoms with van der Waals surface area (Å²) in [7, 11) is 0. The normalized spacial score (nSPS) is 12.0. The third kappa shape index (κ3) is 5.20. The first kappa shape index (κ1) is 19.2. The van der Waals surface area contributed by atoms with Gasteiger partial charge in [0.1, 0.15) is 6.07 Å². The zero-order valence-corrected chi connectivity index (χ0v) is 15.3. The molecular formula is C24H24N2. The maximum absolute atomic E-state index is 9.92. The Bertz CT molecular complexity index is 831. The number of unbranched alkanes of at least 4 members (excludes halogenated alkanes) is 3. The van der Waals surface area contributed by atoms with E-state index in [0.717, 1.165) is 41.5 Å². The lowest BCUT2D eigenvalue weighted by molar-refractivity contribution is 0.669. The number of hydrogen-bond acceptors (Lipinski definition) is 2. The zero-order chi connectivity index (χ0) is 18.6. The molecule has 0 fully saturated rings. The standard InChI is InChI=1S/C24H24N2/c1-2-3-4-7-16-22(17-18-25)24(21-14-10-6-11-15-21)23(19-26)20-12-8-5-9-13-20/h5-6,8-15,17H,2-4,7,16H2,1H3/b22-17-,24-23+. The molecule has 0 aliphatic heterocycles. The molecule has 0 bridgehead atoms. The molecule has 2 aromatic carbocycles. The first-order valence-electron chi connectivity index (χ1n) is 9.16. The van der Waals surface area contributed by atoms with Crippen LogP contribution in [0.4, 0.5) is 0 Å². The number of nitriles is 2. The highest BCUT2D eigenvalue weighted by atomic mass is 14.3. The predicted molar refractivity (Wildman–Crippen MR) is 108 cm³/mol. The number of rotatable bonds is 8. The number of nitrogens with zero attached hydrogens (tertiary/aromatic N) is 2. The van der Waals surface area contributed by atoms with E-state index in [4.69, 9.17) is 0 Å². The van der Waals surface area contributed by atoms with Crippen molar-refractivity contribution in [2.75, 3.05) is 0 Å². The summed E-state index contributed by atoms with van der Waals surface area (Å²) in [6.07, 6.45) is 6.92. The minimum absolute atomic E-state index is 0.619. The van der Waals surface area contributed by atoms with Crippen molar-refractivity contribution in [1.29, 1.82) is 10.5 Å². The summed E-state index contributed by atoms with van der Waals surface area (Å²) >= 11 is 0. The lowest BCUT2D eigenvalue weighted by atomic mass is 9.87. The van der Waals surface area contributed by atoms with Gasteiger partial charge in [0.05, 0.1) is 11.6 Å². The molecule has 0 saturated carbocycles. The number of hydrogen-bond donors (Lipinski definition) is 0. The van der Waals surface area contributed by atoms with Crippen LogP contribution in [0.25, 0.3) is 11.1 Å². The van der Waals surface area contributed by atoms with Crippen molar-refractivity contribution >= 4 is 11.1 Å². The van der Waals surface area contributed by atoms with Gasteiger partial charge < -0.3 is 0 Å². The topological polar surface area (TPSA) is 47.6 Å². The van der Waals surface area contributed by atoms with E-state index in [9.17, 15) is 10.5 Å². The summed E-state index contributed by atoms with van der Waals surface area (Å²) in [5, 5.41) is 19.2. The van der Waals surface area contributed by atoms with Crippen LogP contribution in [0.15, 0.2) is 72.3 Å². The van der Waals surface area contributed by atoms with Gasteiger partial charge in [-0.3, -0.25) is 0 Å². The summed E-state index contributed by atoms with van der Waals surface area (Å²) in [6, 6.07) is 24.2. The summed E-state index contributed by atoms with van der Waals surface area (Å²) < 4.78 is 0. The maximum atomic E-state index is 9.92. The second kappa shape index (κ2) is 10.7. The van der Waals surface area contributed by atoms with Gasteiger partial charge in [-0.05, 0) is 29.5 Å². The monoisotopic (exact) mass is 340 g/mol. The van der Waals surface area contributed by atoms with Gasteiger partial charge in [0.2, 0.25) is 0 Å². The molecule has 0 aliphatic rings. The molecule has 26 heavy (non-hydrogen) atoms. The molecule has 2 nitrogen and oxygen atoms in total. The van der Waals surface area contributed by atoms with E-state index < -0.39 is 0 Å². The molecule has 0 atom stereocenters. The fourth-order valence-electron chi connectivity index (χ4n) is 3.05. The molecule has 0 unspecified atom stereocenters. The predicted octanol–water partition coefficient (Wildman–Crippen LogP) is 6.54. The lowest BCUT2D eigenvalue weighted by Gasteiger charge is -2.15. The third-order valence-corrected chi connectivity index (χ3v) is 4.35. The molecule has 2 rings (SSSR count). The molecule has 2 heteroatoms. The fraction of sp³-hybridized carbons (Fsp3) is 0.250. The van der Waals surface area contributed by atoms with Crippen LogP contribution in [0, 0.1) is 22.7 Å². The van der Waals surface area contributed by atoms with Crippen LogP contribution in [-0.4, -0.2) is 0 Å². The molecule has 0 saturated heterocycles. The SMILES string of the molecule is CCCCCCC(=C/C#N)/C(=C(\C#N)c1ccccc1)c1ccccc1. The highest BCUT2D eigenvalue weighted by molar-refractivity contribution is 6.03. The van der Waals surface area contributed by atoms with Gasteiger partial charge >= 0.3 is 0 Å². The van der Waals surface area contributed by atoms with Crippen molar-refractivity contribution in [2.45, 2.75) is 39.0 Å². The Morgan fingerprint density at radius 1 is 0.846 bits per heavy atom. The summed E-state index contributed by atoms with van der Waals surface area (Å²) in [5.41, 5.74) is 4.29. The molecule has 130 valence electrons. The fourth-order valence-corrected chi connectivity index (χ4v) is 3.05. The number of benzene rings is 2. The smallest absolute Gasteiger partial charge is 0.100 e. The van der Waals surface area contributed by atoms with Crippen LogP contribution in [0.3, 0.4) is 0 Å². The maximum Gasteiger partial charge on any atom is 0.100 e. The number of allylic oxidation sites excluding steroid dienone is 4. The van der Waals surface area contributed by atoms with Gasteiger partial charge in [0.25, 0.3) is 0 Å². The van der Waals surface area contributed by atoms with Crippen LogP contribution in [0.5, 0.6) is 0 Å². The first-order valence-corrected chi connectivity index (χ1v) is 9.16. The Labute approximate surface area is 156 Å². The minimum Gasteiger partial charge on any atom is -0.193 e. The van der Waals surface area contributed by atoms with E-state index in [-0.39, 0.29) is 0 Å². The second-order valence-corrected chi connectivity index (χ2v) is 6.20. The second-order valence-electron chi connectivity index (χ2n) is 6.20. The molecular weight excluding hydrogens is 316 g/mol. The van der Waals surface area contributed by atoms with Crippen LogP contribution >= 0.6 is 0 Å². The van der Waals surface area contributed by atoms with Gasteiger partial charge in [-0.25, -0.2) is 0 Å². The van der Waals surface area contributed by atoms with Crippen LogP contribution in [0.1, 0.15) is 50.2 Å². The molecule has 2 aromatic rings. The van der Waals surface area contributed by atoms with Crippen LogP contribution in [-0.2, 0) is 0 Å². The molecule has 0 amide bonds. The van der Waals surface area contributed by atoms with Crippen LogP contribution < -0.4 is 0 Å². The van der Waals surface area contributed by atoms with Crippen molar-refractivity contribution in [3.8, 4) is 12.1 Å². The molecule has 0 aliphatic carbocycles. The molecule has 0 N–H and O–H groups in total. The Morgan fingerprint density at radius 2 is 1.46 bits per heavy atom. The van der Waals surface area contributed by atoms with Crippen molar-refractivity contribution < 1.29 is 0 Å². The molecule has 0 aromatic heterocycles. The summed E-state index contributed by atoms with van der Waals surface area (Å²) in [4.78, 5) is 0. The Kier molecular flexibility index (Phi) is 7.91. The molecule has 0 heterocycles. The van der Waals surface area contributed by atoms with Gasteiger partial charge in [-0.2, -0.15) is 10.5 Å². The highest BCUT2D eigenvalue weighted by Gasteiger charge is 2.16. The Morgan fingerprint density at radius 3 is 2.00 bits per heavy atom. The van der Waals surface area contributed by atoms with E-state index in [1.54, 1.807) is 6.08 Å². The van der Waals surface area contributed by atoms with Gasteiger partial charge in [0.15, 0.2) is 0 Å². The minimum atomic E-state index is 0.619. The third-order valence-electron chi connectivity index (χ3n) is 4.35. The zero-order valence-electron chi connectivity index (χ0n) is 15.3. The summed E-state index contributed by atoms with van der Waals surface area (Å²) in [6.45, 7) is 2.19. The van der Waals surface area contributed by atoms with E-state index in [2.05, 4.69) is 19.1 Å². The average Bonchev–Trinajstić information content (AvgIpc) is 2.70. The van der Waals surface area contributed by atoms with Gasteiger partial charge in [-0.15, -0.1) is 0 Å². The Balaban J connectivity index is 2.56. The quantitative estimate of drug-likeness (QED) is 0.237. The van der Waals surface area contributed by atoms with E-state index in [0.29, 0.717) is 5.57 Å². The van der Waals surface area contributed by atoms with Crippen molar-refractivity contribution in [3.05, 3.63) is 83.4 Å². The van der Waals surface area contributed by atoms with Crippen molar-refractivity contribution in [2.24, 2.45) is 0 Å². The molecule has 0 spiro atoms. The first-order chi connectivity index (χ1) is 12.8. The average molecular weight is 340 g/mol. The van der Waals surface area contributed by atoms with Crippen LogP contribution in [0.2, 0.25) is 0 Å². The van der Waals surface area contributed by atoms with Crippen molar-refractivity contribution in [3.63, 3.8) is 0 Å². The van der Waals surface area contributed by atoms with Crippen molar-refractivity contribution in [1.82, 2.24) is 0 Å². The lowest BCUT2D eigenvalue weighted by Crippen LogP contribution is -1.97. The van der Waals surface area contributed by atoms with E-state index in [1.807, 2.05) is 60.7 Å². The largest absolute Gasteiger partial charge is 0.193 e. The summed E-state index contributed by atoms with van der Waals surface area (Å²) in [5.74, 6) is 0. The van der Waals surface area contributed by atoms with E-state index >= 15 is 0 Å². The highest BCUT2D eigenvalue weighted by Crippen LogP contribution is 2.34. The van der Waals surface area contributed by atoms with E-state index in [1.165, 1.54) is 12.8 Å². The molecule has 0 radical (unpaired) electrons. The van der Waals surface area contributed by atoms with Gasteiger partial charge in [0, 0.05) is 11.6 Å². The Hall–Kier alpha value is -3.10.